The average Bonchev–Trinajstić information content (AvgIpc) is 2.46. The Kier molecular flexibility index (Phi) is 5.61. The summed E-state index contributed by atoms with van der Waals surface area (Å²) in [6.07, 6.45) is 3.86. The maximum absolute atomic E-state index is 12.7. The molecule has 20 heavy (non-hydrogen) atoms. The monoisotopic (exact) mass is 280 g/mol. The van der Waals surface area contributed by atoms with Crippen LogP contribution >= 0.6 is 0 Å². The van der Waals surface area contributed by atoms with Gasteiger partial charge in [0.2, 0.25) is 0 Å². The Morgan fingerprint density at radius 2 is 2.40 bits per heavy atom. The molecule has 0 bridgehead atoms. The number of hydrogen-bond donors (Lipinski definition) is 0. The zero-order valence-electron chi connectivity index (χ0n) is 11.8. The normalized spacial score (nSPS) is 20.0. The molecule has 1 aromatic heterocycles. The summed E-state index contributed by atoms with van der Waals surface area (Å²) in [5.74, 6) is 0.117. The Labute approximate surface area is 118 Å². The number of rotatable bonds is 6. The standard InChI is InChI=1S/C15H21FN2O2/c1-20-11-12-3-2-7-18(10-12)8-6-15(19)14-5-4-13(16)9-17-14/h4-5,9,12H,2-3,6-8,10-11H2,1H3. The molecular formula is C15H21FN2O2. The molecule has 2 heterocycles. The summed E-state index contributed by atoms with van der Waals surface area (Å²) in [5.41, 5.74) is 0.344. The molecule has 2 rings (SSSR count). The number of likely N-dealkylation sites (tertiary alicyclic amines) is 1. The van der Waals surface area contributed by atoms with Crippen molar-refractivity contribution in [2.24, 2.45) is 5.92 Å². The van der Waals surface area contributed by atoms with Gasteiger partial charge in [-0.1, -0.05) is 0 Å². The Morgan fingerprint density at radius 1 is 1.55 bits per heavy atom. The summed E-state index contributed by atoms with van der Waals surface area (Å²) >= 11 is 0. The van der Waals surface area contributed by atoms with Gasteiger partial charge in [0.05, 0.1) is 12.8 Å². The smallest absolute Gasteiger partial charge is 0.182 e. The van der Waals surface area contributed by atoms with Gasteiger partial charge in [0.25, 0.3) is 0 Å². The molecule has 0 aliphatic carbocycles. The molecule has 1 unspecified atom stereocenters. The van der Waals surface area contributed by atoms with E-state index in [0.29, 0.717) is 18.0 Å². The number of piperidine rings is 1. The van der Waals surface area contributed by atoms with Gasteiger partial charge in [-0.25, -0.2) is 4.39 Å². The van der Waals surface area contributed by atoms with Gasteiger partial charge >= 0.3 is 0 Å². The Balaban J connectivity index is 1.79. The van der Waals surface area contributed by atoms with Crippen LogP contribution in [-0.4, -0.2) is 49.0 Å². The highest BCUT2D eigenvalue weighted by atomic mass is 19.1. The minimum atomic E-state index is -0.417. The van der Waals surface area contributed by atoms with Crippen LogP contribution < -0.4 is 0 Å². The summed E-state index contributed by atoms with van der Waals surface area (Å²) in [7, 11) is 1.72. The molecule has 0 aromatic carbocycles. The molecular weight excluding hydrogens is 259 g/mol. The predicted molar refractivity (Wildman–Crippen MR) is 74.2 cm³/mol. The van der Waals surface area contributed by atoms with Crippen molar-refractivity contribution in [3.63, 3.8) is 0 Å². The van der Waals surface area contributed by atoms with Crippen molar-refractivity contribution < 1.29 is 13.9 Å². The van der Waals surface area contributed by atoms with Crippen LogP contribution in [0.4, 0.5) is 4.39 Å². The molecule has 4 nitrogen and oxygen atoms in total. The molecule has 1 aromatic rings. The van der Waals surface area contributed by atoms with Crippen LogP contribution in [0.2, 0.25) is 0 Å². The van der Waals surface area contributed by atoms with Gasteiger partial charge in [0, 0.05) is 26.6 Å². The fourth-order valence-electron chi connectivity index (χ4n) is 2.65. The molecule has 0 saturated carbocycles. The van der Waals surface area contributed by atoms with Crippen molar-refractivity contribution in [3.8, 4) is 0 Å². The van der Waals surface area contributed by atoms with Crippen LogP contribution in [0.25, 0.3) is 0 Å². The highest BCUT2D eigenvalue weighted by molar-refractivity contribution is 5.94. The molecule has 0 spiro atoms. The van der Waals surface area contributed by atoms with Crippen LogP contribution in [0.3, 0.4) is 0 Å². The molecule has 1 aliphatic heterocycles. The highest BCUT2D eigenvalue weighted by Crippen LogP contribution is 2.17. The molecule has 5 heteroatoms. The van der Waals surface area contributed by atoms with Gasteiger partial charge in [-0.05, 0) is 37.4 Å². The number of aromatic nitrogens is 1. The topological polar surface area (TPSA) is 42.4 Å². The zero-order chi connectivity index (χ0) is 14.4. The summed E-state index contributed by atoms with van der Waals surface area (Å²) in [6.45, 7) is 3.53. The number of Topliss-reactive ketones (excluding diaryl/α,β-unsaturated/α-hetero) is 1. The zero-order valence-corrected chi connectivity index (χ0v) is 11.8. The van der Waals surface area contributed by atoms with E-state index >= 15 is 0 Å². The van der Waals surface area contributed by atoms with Gasteiger partial charge in [-0.2, -0.15) is 0 Å². The number of carbonyl (C=O) groups excluding carboxylic acids is 1. The Hall–Kier alpha value is -1.33. The summed E-state index contributed by atoms with van der Waals surface area (Å²) < 4.78 is 17.9. The molecule has 1 atom stereocenters. The van der Waals surface area contributed by atoms with Crippen molar-refractivity contribution in [1.29, 1.82) is 0 Å². The van der Waals surface area contributed by atoms with E-state index in [2.05, 4.69) is 9.88 Å². The summed E-state index contributed by atoms with van der Waals surface area (Å²) in [6, 6.07) is 2.72. The quantitative estimate of drug-likeness (QED) is 0.749. The first-order valence-corrected chi connectivity index (χ1v) is 7.05. The Morgan fingerprint density at radius 3 is 3.10 bits per heavy atom. The number of ketones is 1. The molecule has 1 aliphatic rings. The number of halogens is 1. The van der Waals surface area contributed by atoms with Crippen molar-refractivity contribution in [1.82, 2.24) is 9.88 Å². The first-order chi connectivity index (χ1) is 9.69. The van der Waals surface area contributed by atoms with Gasteiger partial charge in [-0.3, -0.25) is 9.78 Å². The SMILES string of the molecule is COCC1CCCN(CCC(=O)c2ccc(F)cn2)C1. The van der Waals surface area contributed by atoms with E-state index in [1.54, 1.807) is 7.11 Å². The predicted octanol–water partition coefficient (Wildman–Crippen LogP) is 2.15. The van der Waals surface area contributed by atoms with Crippen LogP contribution in [0.15, 0.2) is 18.3 Å². The largest absolute Gasteiger partial charge is 0.384 e. The lowest BCUT2D eigenvalue weighted by Crippen LogP contribution is -2.38. The van der Waals surface area contributed by atoms with Crippen molar-refractivity contribution in [3.05, 3.63) is 29.8 Å². The van der Waals surface area contributed by atoms with Crippen molar-refractivity contribution in [2.45, 2.75) is 19.3 Å². The average molecular weight is 280 g/mol. The highest BCUT2D eigenvalue weighted by Gasteiger charge is 2.20. The number of hydrogen-bond acceptors (Lipinski definition) is 4. The van der Waals surface area contributed by atoms with Crippen LogP contribution in [0, 0.1) is 11.7 Å². The third-order valence-corrected chi connectivity index (χ3v) is 3.67. The second-order valence-electron chi connectivity index (χ2n) is 5.30. The minimum Gasteiger partial charge on any atom is -0.384 e. The second-order valence-corrected chi connectivity index (χ2v) is 5.30. The molecule has 0 amide bonds. The second kappa shape index (κ2) is 7.45. The van der Waals surface area contributed by atoms with E-state index in [9.17, 15) is 9.18 Å². The van der Waals surface area contributed by atoms with E-state index in [1.807, 2.05) is 0 Å². The maximum Gasteiger partial charge on any atom is 0.182 e. The lowest BCUT2D eigenvalue weighted by molar-refractivity contribution is 0.0828. The fraction of sp³-hybridized carbons (Fsp3) is 0.600. The van der Waals surface area contributed by atoms with Gasteiger partial charge < -0.3 is 9.64 Å². The van der Waals surface area contributed by atoms with Crippen molar-refractivity contribution >= 4 is 5.78 Å². The van der Waals surface area contributed by atoms with E-state index < -0.39 is 5.82 Å². The third kappa shape index (κ3) is 4.35. The van der Waals surface area contributed by atoms with Crippen LogP contribution in [-0.2, 0) is 4.74 Å². The number of methoxy groups -OCH3 is 1. The molecule has 1 saturated heterocycles. The van der Waals surface area contributed by atoms with Gasteiger partial charge in [-0.15, -0.1) is 0 Å². The molecule has 0 N–H and O–H groups in total. The Bertz CT molecular complexity index is 434. The van der Waals surface area contributed by atoms with Gasteiger partial charge in [0.15, 0.2) is 5.78 Å². The molecule has 1 fully saturated rings. The summed E-state index contributed by atoms with van der Waals surface area (Å²) in [5, 5.41) is 0. The molecule has 0 radical (unpaired) electrons. The number of ether oxygens (including phenoxy) is 1. The van der Waals surface area contributed by atoms with E-state index in [1.165, 1.54) is 18.6 Å². The molecule has 110 valence electrons. The van der Waals surface area contributed by atoms with Gasteiger partial charge in [0.1, 0.15) is 11.5 Å². The fourth-order valence-corrected chi connectivity index (χ4v) is 2.65. The van der Waals surface area contributed by atoms with Crippen LogP contribution in [0.5, 0.6) is 0 Å². The minimum absolute atomic E-state index is 0.0288. The first-order valence-electron chi connectivity index (χ1n) is 7.05. The van der Waals surface area contributed by atoms with E-state index in [0.717, 1.165) is 38.9 Å². The first kappa shape index (κ1) is 15.1. The maximum atomic E-state index is 12.7. The van der Waals surface area contributed by atoms with Crippen molar-refractivity contribution in [2.75, 3.05) is 33.4 Å². The van der Waals surface area contributed by atoms with Crippen LogP contribution in [0.1, 0.15) is 29.8 Å². The summed E-state index contributed by atoms with van der Waals surface area (Å²) in [4.78, 5) is 18.1. The number of carbonyl (C=O) groups is 1. The number of pyridine rings is 1. The number of nitrogens with zero attached hydrogens (tertiary/aromatic N) is 2. The lowest BCUT2D eigenvalue weighted by atomic mass is 9.98. The van der Waals surface area contributed by atoms with E-state index in [4.69, 9.17) is 4.74 Å². The lowest BCUT2D eigenvalue weighted by Gasteiger charge is -2.32. The third-order valence-electron chi connectivity index (χ3n) is 3.67. The van der Waals surface area contributed by atoms with E-state index in [-0.39, 0.29) is 5.78 Å².